The second-order valence-electron chi connectivity index (χ2n) is 3.97. The van der Waals surface area contributed by atoms with Crippen LogP contribution in [0.3, 0.4) is 0 Å². The van der Waals surface area contributed by atoms with E-state index in [1.54, 1.807) is 11.3 Å². The van der Waals surface area contributed by atoms with Crippen molar-refractivity contribution in [3.05, 3.63) is 34.3 Å². The third kappa shape index (κ3) is 1.95. The molecule has 0 aliphatic heterocycles. The summed E-state index contributed by atoms with van der Waals surface area (Å²) in [5, 5.41) is 1.92. The molecule has 0 atom stereocenters. The molecule has 16 heavy (non-hydrogen) atoms. The predicted octanol–water partition coefficient (Wildman–Crippen LogP) is 3.57. The Morgan fingerprint density at radius 1 is 1.25 bits per heavy atom. The van der Waals surface area contributed by atoms with E-state index < -0.39 is 0 Å². The third-order valence-electron chi connectivity index (χ3n) is 2.78. The Balaban J connectivity index is 2.49. The maximum Gasteiger partial charge on any atom is 0.114 e. The van der Waals surface area contributed by atoms with Gasteiger partial charge in [0, 0.05) is 5.56 Å². The second kappa shape index (κ2) is 4.26. The summed E-state index contributed by atoms with van der Waals surface area (Å²) in [5.41, 5.74) is 10.6. The van der Waals surface area contributed by atoms with Crippen molar-refractivity contribution >= 4 is 16.3 Å². The number of aryl methyl sites for hydroxylation is 3. The van der Waals surface area contributed by atoms with E-state index in [1.165, 1.54) is 11.1 Å². The van der Waals surface area contributed by atoms with Crippen LogP contribution in [0.5, 0.6) is 0 Å². The van der Waals surface area contributed by atoms with Crippen LogP contribution in [0.1, 0.15) is 23.1 Å². The summed E-state index contributed by atoms with van der Waals surface area (Å²) >= 11 is 1.59. The van der Waals surface area contributed by atoms with Crippen molar-refractivity contribution < 1.29 is 0 Å². The molecule has 1 heterocycles. The number of anilines is 1. The summed E-state index contributed by atoms with van der Waals surface area (Å²) in [4.78, 5) is 4.56. The van der Waals surface area contributed by atoms with Gasteiger partial charge in [0.05, 0.1) is 5.01 Å². The Bertz CT molecular complexity index is 515. The molecule has 0 saturated carbocycles. The highest BCUT2D eigenvalue weighted by Gasteiger charge is 2.09. The predicted molar refractivity (Wildman–Crippen MR) is 70.8 cm³/mol. The first-order chi connectivity index (χ1) is 7.61. The maximum atomic E-state index is 5.99. The van der Waals surface area contributed by atoms with E-state index in [0.29, 0.717) is 0 Å². The van der Waals surface area contributed by atoms with Crippen LogP contribution >= 0.6 is 11.3 Å². The minimum Gasteiger partial charge on any atom is -0.389 e. The molecule has 0 unspecified atom stereocenters. The molecule has 0 fully saturated rings. The van der Waals surface area contributed by atoms with Crippen LogP contribution in [-0.2, 0) is 6.42 Å². The Morgan fingerprint density at radius 3 is 2.56 bits per heavy atom. The van der Waals surface area contributed by atoms with Gasteiger partial charge in [-0.05, 0) is 37.5 Å². The molecule has 0 bridgehead atoms. The number of nitrogen functional groups attached to an aromatic ring is 1. The van der Waals surface area contributed by atoms with Crippen molar-refractivity contribution in [3.63, 3.8) is 0 Å². The number of nitrogens with two attached hydrogens (primary N) is 1. The molecule has 0 spiro atoms. The number of aromatic nitrogens is 1. The minimum absolute atomic E-state index is 0.820. The quantitative estimate of drug-likeness (QED) is 0.859. The van der Waals surface area contributed by atoms with Gasteiger partial charge in [-0.25, -0.2) is 4.98 Å². The van der Waals surface area contributed by atoms with Gasteiger partial charge in [0.2, 0.25) is 0 Å². The number of hydrogen-bond donors (Lipinski definition) is 1. The van der Waals surface area contributed by atoms with Crippen LogP contribution in [0, 0.1) is 13.8 Å². The largest absolute Gasteiger partial charge is 0.389 e. The standard InChI is InChI=1S/C13H16N2S/c1-4-11-15-12(13(14)16-11)10-6-5-8(2)9(3)7-10/h5-7H,4,14H2,1-3H3. The number of thiazole rings is 1. The Labute approximate surface area is 100 Å². The highest BCUT2D eigenvalue weighted by atomic mass is 32.1. The van der Waals surface area contributed by atoms with Crippen LogP contribution < -0.4 is 5.73 Å². The summed E-state index contributed by atoms with van der Waals surface area (Å²) in [6.45, 7) is 6.32. The molecular weight excluding hydrogens is 216 g/mol. The highest BCUT2D eigenvalue weighted by molar-refractivity contribution is 7.16. The minimum atomic E-state index is 0.820. The van der Waals surface area contributed by atoms with E-state index in [0.717, 1.165) is 27.7 Å². The van der Waals surface area contributed by atoms with E-state index in [4.69, 9.17) is 5.73 Å². The van der Waals surface area contributed by atoms with E-state index >= 15 is 0 Å². The fourth-order valence-electron chi connectivity index (χ4n) is 1.62. The molecule has 2 rings (SSSR count). The fraction of sp³-hybridized carbons (Fsp3) is 0.308. The lowest BCUT2D eigenvalue weighted by molar-refractivity contribution is 1.10. The maximum absolute atomic E-state index is 5.99. The van der Waals surface area contributed by atoms with Gasteiger partial charge in [-0.15, -0.1) is 11.3 Å². The molecule has 0 radical (unpaired) electrons. The lowest BCUT2D eigenvalue weighted by atomic mass is 10.0. The molecule has 1 aromatic heterocycles. The molecule has 2 aromatic rings. The highest BCUT2D eigenvalue weighted by Crippen LogP contribution is 2.31. The molecule has 1 aromatic carbocycles. The normalized spacial score (nSPS) is 10.7. The van der Waals surface area contributed by atoms with Gasteiger partial charge >= 0.3 is 0 Å². The Hall–Kier alpha value is -1.35. The number of nitrogens with zero attached hydrogens (tertiary/aromatic N) is 1. The number of hydrogen-bond acceptors (Lipinski definition) is 3. The third-order valence-corrected chi connectivity index (χ3v) is 3.81. The van der Waals surface area contributed by atoms with Crippen molar-refractivity contribution in [2.24, 2.45) is 0 Å². The van der Waals surface area contributed by atoms with Crippen LogP contribution in [0.4, 0.5) is 5.00 Å². The molecule has 0 amide bonds. The van der Waals surface area contributed by atoms with Gasteiger partial charge < -0.3 is 5.73 Å². The Kier molecular flexibility index (Phi) is 2.97. The zero-order valence-corrected chi connectivity index (χ0v) is 10.7. The summed E-state index contributed by atoms with van der Waals surface area (Å²) in [7, 11) is 0. The van der Waals surface area contributed by atoms with Gasteiger partial charge in [-0.2, -0.15) is 0 Å². The van der Waals surface area contributed by atoms with Crippen molar-refractivity contribution in [2.45, 2.75) is 27.2 Å². The lowest BCUT2D eigenvalue weighted by Crippen LogP contribution is -1.88. The first-order valence-electron chi connectivity index (χ1n) is 5.44. The molecule has 0 aliphatic carbocycles. The molecule has 0 aliphatic rings. The number of rotatable bonds is 2. The first kappa shape index (κ1) is 11.1. The van der Waals surface area contributed by atoms with Crippen molar-refractivity contribution in [2.75, 3.05) is 5.73 Å². The average Bonchev–Trinajstić information content (AvgIpc) is 2.64. The molecule has 2 nitrogen and oxygen atoms in total. The van der Waals surface area contributed by atoms with Gasteiger partial charge in [0.15, 0.2) is 0 Å². The smallest absolute Gasteiger partial charge is 0.114 e. The fourth-order valence-corrected chi connectivity index (χ4v) is 2.42. The van der Waals surface area contributed by atoms with Crippen LogP contribution in [0.2, 0.25) is 0 Å². The van der Waals surface area contributed by atoms with E-state index in [-0.39, 0.29) is 0 Å². The second-order valence-corrected chi connectivity index (χ2v) is 5.09. The van der Waals surface area contributed by atoms with Crippen molar-refractivity contribution in [1.82, 2.24) is 4.98 Å². The molecule has 0 saturated heterocycles. The summed E-state index contributed by atoms with van der Waals surface area (Å²) in [6.07, 6.45) is 0.944. The van der Waals surface area contributed by atoms with Gasteiger partial charge in [0.1, 0.15) is 10.7 Å². The van der Waals surface area contributed by atoms with Crippen molar-refractivity contribution in [1.29, 1.82) is 0 Å². The first-order valence-corrected chi connectivity index (χ1v) is 6.26. The zero-order valence-electron chi connectivity index (χ0n) is 9.87. The van der Waals surface area contributed by atoms with Crippen LogP contribution in [0.25, 0.3) is 11.3 Å². The Morgan fingerprint density at radius 2 is 2.00 bits per heavy atom. The van der Waals surface area contributed by atoms with Gasteiger partial charge in [-0.3, -0.25) is 0 Å². The molecule has 3 heteroatoms. The SMILES string of the molecule is CCc1nc(-c2ccc(C)c(C)c2)c(N)s1. The summed E-state index contributed by atoms with van der Waals surface area (Å²) in [5.74, 6) is 0. The van der Waals surface area contributed by atoms with Crippen LogP contribution in [0.15, 0.2) is 18.2 Å². The summed E-state index contributed by atoms with van der Waals surface area (Å²) in [6, 6.07) is 6.36. The topological polar surface area (TPSA) is 38.9 Å². The van der Waals surface area contributed by atoms with E-state index in [9.17, 15) is 0 Å². The van der Waals surface area contributed by atoms with Crippen molar-refractivity contribution in [3.8, 4) is 11.3 Å². The summed E-state index contributed by atoms with van der Waals surface area (Å²) < 4.78 is 0. The lowest BCUT2D eigenvalue weighted by Gasteiger charge is -2.03. The zero-order chi connectivity index (χ0) is 11.7. The molecule has 84 valence electrons. The molecular formula is C13H16N2S. The van der Waals surface area contributed by atoms with Gasteiger partial charge in [-0.1, -0.05) is 19.1 Å². The molecule has 2 N–H and O–H groups in total. The van der Waals surface area contributed by atoms with E-state index in [1.807, 2.05) is 0 Å². The van der Waals surface area contributed by atoms with Crippen LogP contribution in [-0.4, -0.2) is 4.98 Å². The monoisotopic (exact) mass is 232 g/mol. The number of benzene rings is 1. The van der Waals surface area contributed by atoms with E-state index in [2.05, 4.69) is 44.0 Å². The van der Waals surface area contributed by atoms with Gasteiger partial charge in [0.25, 0.3) is 0 Å². The average molecular weight is 232 g/mol.